The van der Waals surface area contributed by atoms with Gasteiger partial charge in [0.2, 0.25) is 0 Å². The number of nitrogens with zero attached hydrogens (tertiary/aromatic N) is 1. The molecule has 0 aliphatic carbocycles. The van der Waals surface area contributed by atoms with Crippen LogP contribution >= 0.6 is 28.3 Å². The van der Waals surface area contributed by atoms with Crippen molar-refractivity contribution in [1.29, 1.82) is 0 Å². The second-order valence-electron chi connectivity index (χ2n) is 3.88. The Morgan fingerprint density at radius 3 is 2.75 bits per heavy atom. The largest absolute Gasteiger partial charge is 0.345 e. The smallest absolute Gasteiger partial charge is 0.271 e. The van der Waals surface area contributed by atoms with Crippen molar-refractivity contribution in [2.24, 2.45) is 5.73 Å². The minimum atomic E-state index is -0.423. The van der Waals surface area contributed by atoms with Crippen LogP contribution in [0.1, 0.15) is 24.3 Å². The minimum absolute atomic E-state index is 0. The molecule has 0 unspecified atom stereocenters. The Hall–Kier alpha value is -0.650. The first-order valence-electron chi connectivity index (χ1n) is 4.59. The van der Waals surface area contributed by atoms with Gasteiger partial charge in [-0.15, -0.1) is 12.4 Å². The molecule has 6 heteroatoms. The Kier molecular flexibility index (Phi) is 5.92. The van der Waals surface area contributed by atoms with Crippen molar-refractivity contribution in [3.63, 3.8) is 0 Å². The second kappa shape index (κ2) is 6.18. The monoisotopic (exact) mass is 307 g/mol. The summed E-state index contributed by atoms with van der Waals surface area (Å²) in [6, 6.07) is 3.53. The molecule has 0 spiro atoms. The third-order valence-corrected chi connectivity index (χ3v) is 2.58. The molecule has 1 aromatic rings. The highest BCUT2D eigenvalue weighted by Crippen LogP contribution is 2.13. The van der Waals surface area contributed by atoms with Crippen LogP contribution in [-0.2, 0) is 0 Å². The van der Waals surface area contributed by atoms with Crippen LogP contribution in [0.2, 0.25) is 0 Å². The molecule has 0 aliphatic heterocycles. The molecule has 0 saturated heterocycles. The van der Waals surface area contributed by atoms with E-state index >= 15 is 0 Å². The van der Waals surface area contributed by atoms with Gasteiger partial charge in [0.15, 0.2) is 0 Å². The lowest BCUT2D eigenvalue weighted by Crippen LogP contribution is -2.49. The minimum Gasteiger partial charge on any atom is -0.345 e. The van der Waals surface area contributed by atoms with Crippen LogP contribution in [0.15, 0.2) is 22.8 Å². The molecule has 1 heterocycles. The molecular formula is C10H15BrClN3O. The van der Waals surface area contributed by atoms with Crippen LogP contribution in [-0.4, -0.2) is 23.0 Å². The van der Waals surface area contributed by atoms with Crippen molar-refractivity contribution >= 4 is 34.2 Å². The lowest BCUT2D eigenvalue weighted by Gasteiger charge is -2.24. The number of carbonyl (C=O) groups is 1. The molecule has 0 bridgehead atoms. The average Bonchev–Trinajstić information content (AvgIpc) is 2.17. The summed E-state index contributed by atoms with van der Waals surface area (Å²) in [6.07, 6.45) is 1.58. The van der Waals surface area contributed by atoms with Gasteiger partial charge in [-0.1, -0.05) is 0 Å². The molecule has 0 saturated carbocycles. The van der Waals surface area contributed by atoms with Gasteiger partial charge in [0, 0.05) is 22.8 Å². The Morgan fingerprint density at radius 2 is 2.25 bits per heavy atom. The van der Waals surface area contributed by atoms with E-state index in [1.807, 2.05) is 13.8 Å². The second-order valence-corrected chi connectivity index (χ2v) is 4.73. The first-order chi connectivity index (χ1) is 6.96. The maximum Gasteiger partial charge on any atom is 0.271 e. The summed E-state index contributed by atoms with van der Waals surface area (Å²) in [4.78, 5) is 15.8. The van der Waals surface area contributed by atoms with Gasteiger partial charge < -0.3 is 11.1 Å². The maximum atomic E-state index is 11.8. The molecule has 16 heavy (non-hydrogen) atoms. The summed E-state index contributed by atoms with van der Waals surface area (Å²) < 4.78 is 0.676. The average molecular weight is 309 g/mol. The number of amides is 1. The van der Waals surface area contributed by atoms with Crippen molar-refractivity contribution in [3.8, 4) is 0 Å². The maximum absolute atomic E-state index is 11.8. The number of carbonyl (C=O) groups excluding carboxylic acids is 1. The molecule has 0 radical (unpaired) electrons. The number of hydrogen-bond donors (Lipinski definition) is 2. The van der Waals surface area contributed by atoms with E-state index in [1.165, 1.54) is 0 Å². The fourth-order valence-electron chi connectivity index (χ4n) is 0.970. The van der Waals surface area contributed by atoms with Gasteiger partial charge in [0.1, 0.15) is 5.69 Å². The van der Waals surface area contributed by atoms with Crippen molar-refractivity contribution < 1.29 is 4.79 Å². The Morgan fingerprint density at radius 1 is 1.62 bits per heavy atom. The molecule has 3 N–H and O–H groups in total. The summed E-state index contributed by atoms with van der Waals surface area (Å²) in [5.74, 6) is -0.224. The molecule has 1 aromatic heterocycles. The van der Waals surface area contributed by atoms with E-state index in [1.54, 1.807) is 18.3 Å². The summed E-state index contributed by atoms with van der Waals surface area (Å²) >= 11 is 3.27. The van der Waals surface area contributed by atoms with Gasteiger partial charge in [0.25, 0.3) is 5.91 Å². The van der Waals surface area contributed by atoms with E-state index in [9.17, 15) is 4.79 Å². The van der Waals surface area contributed by atoms with Gasteiger partial charge in [-0.2, -0.15) is 0 Å². The molecular weight excluding hydrogens is 293 g/mol. The normalized spacial score (nSPS) is 10.5. The zero-order valence-electron chi connectivity index (χ0n) is 9.16. The van der Waals surface area contributed by atoms with E-state index in [2.05, 4.69) is 26.2 Å². The van der Waals surface area contributed by atoms with Crippen LogP contribution in [0.4, 0.5) is 0 Å². The van der Waals surface area contributed by atoms with Gasteiger partial charge in [-0.25, -0.2) is 4.98 Å². The lowest BCUT2D eigenvalue weighted by molar-refractivity contribution is 0.0909. The highest BCUT2D eigenvalue weighted by atomic mass is 79.9. The van der Waals surface area contributed by atoms with Crippen molar-refractivity contribution in [1.82, 2.24) is 10.3 Å². The standard InChI is InChI=1S/C10H14BrN3O.ClH/c1-10(2,6-12)14-9(15)8-7(11)4-3-5-13-8;/h3-5H,6,12H2,1-2H3,(H,14,15);1H. The SMILES string of the molecule is CC(C)(CN)NC(=O)c1ncccc1Br.Cl. The summed E-state index contributed by atoms with van der Waals surface area (Å²) in [5.41, 5.74) is 5.48. The highest BCUT2D eigenvalue weighted by Gasteiger charge is 2.21. The Bertz CT molecular complexity index is 371. The number of hydrogen-bond acceptors (Lipinski definition) is 3. The molecule has 0 aliphatic rings. The summed E-state index contributed by atoms with van der Waals surface area (Å²) in [6.45, 7) is 4.10. The lowest BCUT2D eigenvalue weighted by atomic mass is 10.1. The van der Waals surface area contributed by atoms with E-state index in [4.69, 9.17) is 5.73 Å². The molecule has 0 atom stereocenters. The number of nitrogens with one attached hydrogen (secondary N) is 1. The van der Waals surface area contributed by atoms with E-state index < -0.39 is 5.54 Å². The van der Waals surface area contributed by atoms with E-state index in [0.29, 0.717) is 16.7 Å². The fourth-order valence-corrected chi connectivity index (χ4v) is 1.41. The molecule has 0 fully saturated rings. The van der Waals surface area contributed by atoms with Crippen molar-refractivity contribution in [2.45, 2.75) is 19.4 Å². The first kappa shape index (κ1) is 15.3. The van der Waals surface area contributed by atoms with Crippen LogP contribution in [0.5, 0.6) is 0 Å². The van der Waals surface area contributed by atoms with Crippen molar-refractivity contribution in [3.05, 3.63) is 28.5 Å². The number of rotatable bonds is 3. The predicted molar refractivity (Wildman–Crippen MR) is 69.8 cm³/mol. The third kappa shape index (κ3) is 4.08. The summed E-state index contributed by atoms with van der Waals surface area (Å²) in [7, 11) is 0. The number of pyridine rings is 1. The van der Waals surface area contributed by atoms with Crippen LogP contribution < -0.4 is 11.1 Å². The Labute approximate surface area is 110 Å². The van der Waals surface area contributed by atoms with Crippen molar-refractivity contribution in [2.75, 3.05) is 6.54 Å². The third-order valence-electron chi connectivity index (χ3n) is 1.94. The molecule has 1 amide bonds. The molecule has 1 rings (SSSR count). The van der Waals surface area contributed by atoms with E-state index in [0.717, 1.165) is 0 Å². The Balaban J connectivity index is 0.00000225. The van der Waals surface area contributed by atoms with Gasteiger partial charge in [-0.05, 0) is 41.9 Å². The molecule has 4 nitrogen and oxygen atoms in total. The first-order valence-corrected chi connectivity index (χ1v) is 5.39. The quantitative estimate of drug-likeness (QED) is 0.893. The van der Waals surface area contributed by atoms with Gasteiger partial charge in [0.05, 0.1) is 0 Å². The van der Waals surface area contributed by atoms with Crippen LogP contribution in [0, 0.1) is 0 Å². The summed E-state index contributed by atoms with van der Waals surface area (Å²) in [5, 5.41) is 2.81. The number of aromatic nitrogens is 1. The zero-order valence-corrected chi connectivity index (χ0v) is 11.6. The number of halogens is 2. The predicted octanol–water partition coefficient (Wildman–Crippen LogP) is 1.73. The number of nitrogens with two attached hydrogens (primary N) is 1. The van der Waals surface area contributed by atoms with Crippen LogP contribution in [0.3, 0.4) is 0 Å². The van der Waals surface area contributed by atoms with Gasteiger partial charge >= 0.3 is 0 Å². The fraction of sp³-hybridized carbons (Fsp3) is 0.400. The topological polar surface area (TPSA) is 68.0 Å². The highest BCUT2D eigenvalue weighted by molar-refractivity contribution is 9.10. The van der Waals surface area contributed by atoms with E-state index in [-0.39, 0.29) is 18.3 Å². The molecule has 90 valence electrons. The zero-order chi connectivity index (χ0) is 11.5. The van der Waals surface area contributed by atoms with Gasteiger partial charge in [-0.3, -0.25) is 4.79 Å². The van der Waals surface area contributed by atoms with Crippen LogP contribution in [0.25, 0.3) is 0 Å². The molecule has 0 aromatic carbocycles.